The molecule has 18 heavy (non-hydrogen) atoms. The molecule has 1 aromatic carbocycles. The first-order chi connectivity index (χ1) is 8.42. The van der Waals surface area contributed by atoms with Gasteiger partial charge in [0.2, 0.25) is 0 Å². The van der Waals surface area contributed by atoms with Gasteiger partial charge in [-0.05, 0) is 24.6 Å². The molecule has 98 valence electrons. The van der Waals surface area contributed by atoms with Crippen molar-refractivity contribution in [3.63, 3.8) is 0 Å². The van der Waals surface area contributed by atoms with E-state index < -0.39 is 11.6 Å². The van der Waals surface area contributed by atoms with Gasteiger partial charge in [0.15, 0.2) is 0 Å². The summed E-state index contributed by atoms with van der Waals surface area (Å²) in [6.07, 6.45) is -0.0359. The molecule has 1 fully saturated rings. The lowest BCUT2D eigenvalue weighted by Gasteiger charge is -2.42. The molecule has 1 aliphatic rings. The number of hydrogen-bond donors (Lipinski definition) is 2. The summed E-state index contributed by atoms with van der Waals surface area (Å²) in [4.78, 5) is 10.9. The molecule has 0 atom stereocenters. The zero-order valence-corrected chi connectivity index (χ0v) is 12.1. The molecule has 2 N–H and O–H groups in total. The van der Waals surface area contributed by atoms with Crippen molar-refractivity contribution < 1.29 is 14.6 Å². The van der Waals surface area contributed by atoms with E-state index in [1.807, 2.05) is 13.0 Å². The number of carbonyl (C=O) groups is 1. The quantitative estimate of drug-likeness (QED) is 0.888. The van der Waals surface area contributed by atoms with Gasteiger partial charge in [-0.15, -0.1) is 0 Å². The monoisotopic (exact) mass is 333 g/mol. The van der Waals surface area contributed by atoms with Crippen LogP contribution in [0.15, 0.2) is 16.6 Å². The van der Waals surface area contributed by atoms with Crippen LogP contribution in [0.25, 0.3) is 0 Å². The zero-order chi connectivity index (χ0) is 13.3. The third kappa shape index (κ3) is 2.79. The molecule has 1 aromatic rings. The summed E-state index contributed by atoms with van der Waals surface area (Å²) in [7, 11) is 0. The SMILES string of the molecule is Cc1cc(Br)cc(Cl)c1OC1(CC(=O)O)CNC1. The third-order valence-electron chi connectivity index (χ3n) is 2.88. The summed E-state index contributed by atoms with van der Waals surface area (Å²) in [5.41, 5.74) is 0.194. The number of aliphatic carboxylic acids is 1. The molecule has 2 rings (SSSR count). The molecule has 0 bridgehead atoms. The summed E-state index contributed by atoms with van der Waals surface area (Å²) in [5, 5.41) is 12.4. The normalized spacial score (nSPS) is 17.1. The summed E-state index contributed by atoms with van der Waals surface area (Å²) in [6.45, 7) is 2.92. The largest absolute Gasteiger partial charge is 0.482 e. The minimum absolute atomic E-state index is 0.0359. The van der Waals surface area contributed by atoms with Gasteiger partial charge in [0.1, 0.15) is 11.4 Å². The third-order valence-corrected chi connectivity index (χ3v) is 3.62. The predicted octanol–water partition coefficient (Wildman–Crippen LogP) is 2.61. The second-order valence-corrected chi connectivity index (χ2v) is 5.82. The van der Waals surface area contributed by atoms with Gasteiger partial charge in [-0.1, -0.05) is 27.5 Å². The summed E-state index contributed by atoms with van der Waals surface area (Å²) >= 11 is 9.49. The number of halogens is 2. The van der Waals surface area contributed by atoms with E-state index in [1.54, 1.807) is 6.07 Å². The fourth-order valence-electron chi connectivity index (χ4n) is 1.95. The van der Waals surface area contributed by atoms with E-state index in [0.29, 0.717) is 23.9 Å². The van der Waals surface area contributed by atoms with Crippen LogP contribution >= 0.6 is 27.5 Å². The highest BCUT2D eigenvalue weighted by molar-refractivity contribution is 9.10. The fraction of sp³-hybridized carbons (Fsp3) is 0.417. The Morgan fingerprint density at radius 2 is 2.28 bits per heavy atom. The van der Waals surface area contributed by atoms with Crippen molar-refractivity contribution in [2.75, 3.05) is 13.1 Å². The average molecular weight is 335 g/mol. The van der Waals surface area contributed by atoms with E-state index in [1.165, 1.54) is 0 Å². The highest BCUT2D eigenvalue weighted by Crippen LogP contribution is 2.36. The summed E-state index contributed by atoms with van der Waals surface area (Å²) in [6, 6.07) is 3.63. The number of carboxylic acid groups (broad SMARTS) is 1. The van der Waals surface area contributed by atoms with Crippen molar-refractivity contribution in [2.24, 2.45) is 0 Å². The number of aryl methyl sites for hydroxylation is 1. The van der Waals surface area contributed by atoms with Gasteiger partial charge in [0.25, 0.3) is 0 Å². The minimum atomic E-state index is -0.873. The fourth-order valence-corrected chi connectivity index (χ4v) is 2.96. The molecule has 1 aliphatic heterocycles. The Morgan fingerprint density at radius 3 is 2.72 bits per heavy atom. The smallest absolute Gasteiger partial charge is 0.307 e. The van der Waals surface area contributed by atoms with Crippen molar-refractivity contribution in [1.82, 2.24) is 5.32 Å². The molecule has 0 amide bonds. The van der Waals surface area contributed by atoms with Gasteiger partial charge in [-0.3, -0.25) is 4.79 Å². The lowest BCUT2D eigenvalue weighted by atomic mass is 9.92. The second-order valence-electron chi connectivity index (χ2n) is 4.49. The van der Waals surface area contributed by atoms with E-state index in [0.717, 1.165) is 10.0 Å². The molecule has 1 saturated heterocycles. The summed E-state index contributed by atoms with van der Waals surface area (Å²) < 4.78 is 6.74. The minimum Gasteiger partial charge on any atom is -0.482 e. The zero-order valence-electron chi connectivity index (χ0n) is 9.80. The van der Waals surface area contributed by atoms with Crippen LogP contribution in [0.5, 0.6) is 5.75 Å². The number of benzene rings is 1. The topological polar surface area (TPSA) is 58.6 Å². The lowest BCUT2D eigenvalue weighted by Crippen LogP contribution is -2.64. The van der Waals surface area contributed by atoms with Crippen molar-refractivity contribution in [2.45, 2.75) is 18.9 Å². The Kier molecular flexibility index (Phi) is 3.84. The van der Waals surface area contributed by atoms with Crippen molar-refractivity contribution in [1.29, 1.82) is 0 Å². The van der Waals surface area contributed by atoms with E-state index in [4.69, 9.17) is 21.4 Å². The standard InChI is InChI=1S/C12H13BrClNO3/c1-7-2-8(13)3-9(14)11(7)18-12(4-10(16)17)5-15-6-12/h2-3,15H,4-6H2,1H3,(H,16,17). The number of rotatable bonds is 4. The Labute approximate surface area is 118 Å². The number of carboxylic acids is 1. The van der Waals surface area contributed by atoms with Gasteiger partial charge in [-0.2, -0.15) is 0 Å². The lowest BCUT2D eigenvalue weighted by molar-refractivity contribution is -0.143. The van der Waals surface area contributed by atoms with Crippen LogP contribution in [0, 0.1) is 6.92 Å². The van der Waals surface area contributed by atoms with Gasteiger partial charge in [-0.25, -0.2) is 0 Å². The molecule has 0 aromatic heterocycles. The Balaban J connectivity index is 2.25. The van der Waals surface area contributed by atoms with Gasteiger partial charge in [0, 0.05) is 17.6 Å². The number of ether oxygens (including phenoxy) is 1. The average Bonchev–Trinajstić information content (AvgIpc) is 2.18. The van der Waals surface area contributed by atoms with Crippen molar-refractivity contribution >= 4 is 33.5 Å². The highest BCUT2D eigenvalue weighted by atomic mass is 79.9. The Morgan fingerprint density at radius 1 is 1.61 bits per heavy atom. The van der Waals surface area contributed by atoms with E-state index in [9.17, 15) is 4.79 Å². The van der Waals surface area contributed by atoms with Gasteiger partial charge in [0.05, 0.1) is 11.4 Å². The highest BCUT2D eigenvalue weighted by Gasteiger charge is 2.42. The maximum atomic E-state index is 10.9. The maximum absolute atomic E-state index is 10.9. The number of nitrogens with one attached hydrogen (secondary N) is 1. The van der Waals surface area contributed by atoms with E-state index in [2.05, 4.69) is 21.2 Å². The molecule has 0 aliphatic carbocycles. The predicted molar refractivity (Wildman–Crippen MR) is 72.4 cm³/mol. The Hall–Kier alpha value is -0.780. The second kappa shape index (κ2) is 5.07. The summed E-state index contributed by atoms with van der Waals surface area (Å²) in [5.74, 6) is -0.315. The van der Waals surface area contributed by atoms with Gasteiger partial charge >= 0.3 is 5.97 Å². The first kappa shape index (κ1) is 13.6. The molecule has 1 heterocycles. The Bertz CT molecular complexity index is 465. The maximum Gasteiger partial charge on any atom is 0.307 e. The molecule has 0 radical (unpaired) electrons. The first-order valence-corrected chi connectivity index (χ1v) is 6.66. The van der Waals surface area contributed by atoms with E-state index in [-0.39, 0.29) is 6.42 Å². The van der Waals surface area contributed by atoms with Gasteiger partial charge < -0.3 is 15.2 Å². The van der Waals surface area contributed by atoms with E-state index >= 15 is 0 Å². The van der Waals surface area contributed by atoms with Crippen LogP contribution in [0.2, 0.25) is 5.02 Å². The molecule has 0 spiro atoms. The molecular weight excluding hydrogens is 321 g/mol. The molecule has 0 saturated carbocycles. The van der Waals surface area contributed by atoms with Crippen molar-refractivity contribution in [3.8, 4) is 5.75 Å². The van der Waals surface area contributed by atoms with Crippen LogP contribution in [0.1, 0.15) is 12.0 Å². The van der Waals surface area contributed by atoms with Crippen LogP contribution in [0.3, 0.4) is 0 Å². The van der Waals surface area contributed by atoms with Crippen LogP contribution < -0.4 is 10.1 Å². The molecular formula is C12H13BrClNO3. The van der Waals surface area contributed by atoms with Crippen molar-refractivity contribution in [3.05, 3.63) is 27.2 Å². The first-order valence-electron chi connectivity index (χ1n) is 5.49. The van der Waals surface area contributed by atoms with Crippen LogP contribution in [-0.4, -0.2) is 29.8 Å². The van der Waals surface area contributed by atoms with Crippen LogP contribution in [-0.2, 0) is 4.79 Å². The molecule has 6 heteroatoms. The molecule has 0 unspecified atom stereocenters. The van der Waals surface area contributed by atoms with Crippen LogP contribution in [0.4, 0.5) is 0 Å². The number of hydrogen-bond acceptors (Lipinski definition) is 3. The molecule has 4 nitrogen and oxygen atoms in total.